The molecule has 14 heteroatoms. The van der Waals surface area contributed by atoms with Crippen LogP contribution in [0.2, 0.25) is 0 Å². The number of rotatable bonds is 9. The van der Waals surface area contributed by atoms with Crippen molar-refractivity contribution in [2.75, 3.05) is 23.2 Å². The van der Waals surface area contributed by atoms with Gasteiger partial charge in [0.05, 0.1) is 0 Å². The summed E-state index contributed by atoms with van der Waals surface area (Å²) in [6.07, 6.45) is 0.681. The summed E-state index contributed by atoms with van der Waals surface area (Å²) in [7, 11) is -3.87. The molecule has 9 nitrogen and oxygen atoms in total. The zero-order valence-electron chi connectivity index (χ0n) is 20.8. The standard InChI is InChI=1S/C24H27F3IN6O3S/c1-15(2)32-21-12-30-22(13-29-21)33-38(35,36)19-6-4-17-8-9-34(28-20(17)10-19)16(3)18-5-7-23(31-11-18)37-14-24(25,26)27/h4-7,10-13,15-16H,8-9,14H2,1-3H3,(H,29,32)(H,30,33)/q-1/t16-/m1/s1. The molecule has 0 aliphatic carbocycles. The van der Waals surface area contributed by atoms with Crippen molar-refractivity contribution in [3.05, 3.63) is 63.6 Å². The molecule has 206 valence electrons. The summed E-state index contributed by atoms with van der Waals surface area (Å²) in [5.41, 5.74) is 1.95. The molecule has 2 N–H and O–H groups in total. The Bertz CT molecular complexity index is 1360. The molecule has 0 amide bonds. The number of hydrogen-bond donors (Lipinski definition) is 2. The first kappa shape index (κ1) is 28.3. The van der Waals surface area contributed by atoms with Gasteiger partial charge in [0.15, 0.2) is 0 Å². The van der Waals surface area contributed by atoms with Crippen LogP contribution in [0.3, 0.4) is 0 Å². The second-order valence-electron chi connectivity index (χ2n) is 8.91. The fraction of sp³-hybridized carbons (Fsp3) is 0.375. The summed E-state index contributed by atoms with van der Waals surface area (Å²) in [6, 6.07) is 8.40. The zero-order valence-corrected chi connectivity index (χ0v) is 23.8. The topological polar surface area (TPSA) is 109 Å². The van der Waals surface area contributed by atoms with Gasteiger partial charge in [0.25, 0.3) is 0 Å². The fourth-order valence-electron chi connectivity index (χ4n) is 3.62. The van der Waals surface area contributed by atoms with Gasteiger partial charge in [-0.1, -0.05) is 0 Å². The summed E-state index contributed by atoms with van der Waals surface area (Å²) >= 11 is -0.710. The predicted molar refractivity (Wildman–Crippen MR) is 131 cm³/mol. The second-order valence-corrected chi connectivity index (χ2v) is 13.5. The molecular formula is C24H27F3IN6O3S-. The van der Waals surface area contributed by atoms with E-state index in [1.54, 1.807) is 18.2 Å². The van der Waals surface area contributed by atoms with E-state index in [4.69, 9.17) is 0 Å². The minimum absolute atomic E-state index is 0.0493. The molecule has 3 aromatic rings. The molecule has 0 radical (unpaired) electrons. The Morgan fingerprint density at radius 2 is 1.79 bits per heavy atom. The number of pyridine rings is 1. The molecule has 0 bridgehead atoms. The van der Waals surface area contributed by atoms with Crippen molar-refractivity contribution in [3.63, 3.8) is 0 Å². The average Bonchev–Trinajstić information content (AvgIpc) is 2.87. The summed E-state index contributed by atoms with van der Waals surface area (Å²) in [6.45, 7) is 5.31. The van der Waals surface area contributed by atoms with E-state index < -0.39 is 44.3 Å². The molecule has 38 heavy (non-hydrogen) atoms. The van der Waals surface area contributed by atoms with E-state index in [9.17, 15) is 21.6 Å². The number of ether oxygens (including phenoxy) is 1. The number of sulfonamides is 1. The quantitative estimate of drug-likeness (QED) is 0.260. The van der Waals surface area contributed by atoms with Gasteiger partial charge in [-0.05, 0) is 0 Å². The number of benzene rings is 1. The number of aromatic nitrogens is 3. The van der Waals surface area contributed by atoms with Crippen molar-refractivity contribution >= 4 is 21.7 Å². The van der Waals surface area contributed by atoms with Crippen LogP contribution in [0.5, 0.6) is 5.88 Å². The van der Waals surface area contributed by atoms with Gasteiger partial charge >= 0.3 is 231 Å². The maximum atomic E-state index is 13.0. The summed E-state index contributed by atoms with van der Waals surface area (Å²) in [5.74, 6) is 0.585. The van der Waals surface area contributed by atoms with Crippen molar-refractivity contribution in [1.29, 1.82) is 0 Å². The van der Waals surface area contributed by atoms with Crippen LogP contribution in [0.1, 0.15) is 37.9 Å². The molecule has 0 saturated heterocycles. The monoisotopic (exact) mass is 663 g/mol. The van der Waals surface area contributed by atoms with E-state index in [1.165, 1.54) is 24.7 Å². The Hall–Kier alpha value is -2.72. The Labute approximate surface area is 229 Å². The Balaban J connectivity index is 1.43. The van der Waals surface area contributed by atoms with Gasteiger partial charge in [-0.3, -0.25) is 0 Å². The second kappa shape index (κ2) is 11.6. The Kier molecular flexibility index (Phi) is 8.62. The molecule has 3 heterocycles. The summed E-state index contributed by atoms with van der Waals surface area (Å²) in [5, 5.41) is 3.10. The van der Waals surface area contributed by atoms with Crippen molar-refractivity contribution in [1.82, 2.24) is 18.1 Å². The van der Waals surface area contributed by atoms with E-state index in [-0.39, 0.29) is 28.7 Å². The van der Waals surface area contributed by atoms with Gasteiger partial charge in [0.1, 0.15) is 0 Å². The van der Waals surface area contributed by atoms with Crippen LogP contribution in [-0.2, 0) is 16.4 Å². The number of halogens is 4. The van der Waals surface area contributed by atoms with Gasteiger partial charge in [-0.15, -0.1) is 0 Å². The third-order valence-electron chi connectivity index (χ3n) is 5.50. The van der Waals surface area contributed by atoms with Gasteiger partial charge in [0, 0.05) is 0 Å². The number of anilines is 2. The SMILES string of the molecule is CC(C)Nc1cnc(NS(=O)(=O)c2ccc3c(c2)[I-]N([C@H](C)c2ccc(OCC(F)(F)F)nc2)CC3)cn1. The van der Waals surface area contributed by atoms with Gasteiger partial charge < -0.3 is 0 Å². The number of fused-ring (bicyclic) bond motifs is 1. The van der Waals surface area contributed by atoms with Crippen molar-refractivity contribution in [2.24, 2.45) is 0 Å². The van der Waals surface area contributed by atoms with Gasteiger partial charge in [0.2, 0.25) is 0 Å². The molecule has 0 unspecified atom stereocenters. The number of nitrogens with zero attached hydrogens (tertiary/aromatic N) is 4. The Morgan fingerprint density at radius 3 is 2.42 bits per heavy atom. The summed E-state index contributed by atoms with van der Waals surface area (Å²) in [4.78, 5) is 12.5. The van der Waals surface area contributed by atoms with Crippen LogP contribution in [0.25, 0.3) is 0 Å². The number of alkyl halides is 3. The zero-order chi connectivity index (χ0) is 27.5. The minimum atomic E-state index is -4.43. The van der Waals surface area contributed by atoms with Crippen LogP contribution in [0, 0.1) is 3.57 Å². The van der Waals surface area contributed by atoms with E-state index in [2.05, 4.69) is 32.8 Å². The van der Waals surface area contributed by atoms with Crippen LogP contribution < -0.4 is 36.3 Å². The predicted octanol–water partition coefficient (Wildman–Crippen LogP) is 1.23. The molecule has 4 rings (SSSR count). The first-order valence-electron chi connectivity index (χ1n) is 11.7. The number of nitrogens with one attached hydrogen (secondary N) is 2. The third-order valence-corrected chi connectivity index (χ3v) is 10.3. The van der Waals surface area contributed by atoms with Crippen LogP contribution >= 0.6 is 0 Å². The van der Waals surface area contributed by atoms with Gasteiger partial charge in [-0.25, -0.2) is 0 Å². The first-order chi connectivity index (χ1) is 17.9. The average molecular weight is 663 g/mol. The fourth-order valence-corrected chi connectivity index (χ4v) is 7.97. The molecule has 0 spiro atoms. The normalized spacial score (nSPS) is 15.3. The third kappa shape index (κ3) is 7.44. The van der Waals surface area contributed by atoms with E-state index in [0.717, 1.165) is 27.7 Å². The van der Waals surface area contributed by atoms with E-state index >= 15 is 0 Å². The summed E-state index contributed by atoms with van der Waals surface area (Å²) < 4.78 is 73.6. The van der Waals surface area contributed by atoms with Gasteiger partial charge in [-0.2, -0.15) is 0 Å². The molecule has 1 aromatic carbocycles. The number of hydrogen-bond acceptors (Lipinski definition) is 8. The van der Waals surface area contributed by atoms with E-state index in [1.807, 2.05) is 26.8 Å². The molecule has 1 aliphatic heterocycles. The van der Waals surface area contributed by atoms with Crippen molar-refractivity contribution in [3.8, 4) is 5.88 Å². The first-order valence-corrected chi connectivity index (χ1v) is 15.2. The van der Waals surface area contributed by atoms with Crippen LogP contribution in [0.4, 0.5) is 24.8 Å². The molecule has 1 aliphatic rings. The van der Waals surface area contributed by atoms with Crippen molar-refractivity contribution < 1.29 is 47.8 Å². The Morgan fingerprint density at radius 1 is 1.05 bits per heavy atom. The van der Waals surface area contributed by atoms with E-state index in [0.29, 0.717) is 5.82 Å². The molecule has 0 saturated carbocycles. The molecule has 1 atom stereocenters. The van der Waals surface area contributed by atoms with Crippen molar-refractivity contribution in [2.45, 2.75) is 50.3 Å². The maximum absolute atomic E-state index is 13.0. The van der Waals surface area contributed by atoms with Crippen LogP contribution in [-0.4, -0.2) is 51.9 Å². The molecular weight excluding hydrogens is 636 g/mol. The van der Waals surface area contributed by atoms with Crippen LogP contribution in [0.15, 0.2) is 53.8 Å². The molecule has 0 fully saturated rings. The molecule has 2 aromatic heterocycles.